The van der Waals surface area contributed by atoms with Crippen molar-refractivity contribution >= 4 is 39.1 Å². The largest absolute Gasteiger partial charge is 0.352 e. The summed E-state index contributed by atoms with van der Waals surface area (Å²) < 4.78 is 26.9. The lowest BCUT2D eigenvalue weighted by atomic mass is 9.94. The van der Waals surface area contributed by atoms with Crippen LogP contribution < -0.4 is 9.62 Å². The third kappa shape index (κ3) is 9.57. The summed E-state index contributed by atoms with van der Waals surface area (Å²) in [6, 6.07) is 22.3. The van der Waals surface area contributed by atoms with Crippen LogP contribution in [0.3, 0.4) is 0 Å². The highest BCUT2D eigenvalue weighted by atomic mass is 35.5. The SMILES string of the molecule is Cc1cccc(CN(C(=O)CCCN(c2cc(Cl)ccc2C)S(C)(=O)=O)[C@H](Cc2ccccc2)C(=O)NC2CCCCC2)c1. The van der Waals surface area contributed by atoms with Crippen LogP contribution in [-0.2, 0) is 32.6 Å². The summed E-state index contributed by atoms with van der Waals surface area (Å²) in [5, 5.41) is 3.70. The Labute approximate surface area is 267 Å². The number of anilines is 1. The molecule has 1 N–H and O–H groups in total. The van der Waals surface area contributed by atoms with Gasteiger partial charge in [-0.15, -0.1) is 0 Å². The molecule has 0 heterocycles. The van der Waals surface area contributed by atoms with E-state index in [9.17, 15) is 18.0 Å². The molecule has 0 unspecified atom stereocenters. The molecule has 1 aliphatic rings. The number of carbonyl (C=O) groups excluding carboxylic acids is 2. The fraction of sp³-hybridized carbons (Fsp3) is 0.429. The van der Waals surface area contributed by atoms with Crippen molar-refractivity contribution in [3.8, 4) is 0 Å². The summed E-state index contributed by atoms with van der Waals surface area (Å²) >= 11 is 6.21. The highest BCUT2D eigenvalue weighted by molar-refractivity contribution is 7.92. The Bertz CT molecular complexity index is 1520. The first-order chi connectivity index (χ1) is 21.0. The van der Waals surface area contributed by atoms with E-state index in [2.05, 4.69) is 5.32 Å². The number of benzene rings is 3. The van der Waals surface area contributed by atoms with Crippen LogP contribution in [0.1, 0.15) is 67.2 Å². The molecule has 4 rings (SSSR count). The summed E-state index contributed by atoms with van der Waals surface area (Å²) in [5.41, 5.74) is 4.25. The lowest BCUT2D eigenvalue weighted by Crippen LogP contribution is -2.53. The van der Waals surface area contributed by atoms with Crippen LogP contribution in [0.4, 0.5) is 5.69 Å². The van der Waals surface area contributed by atoms with Gasteiger partial charge in [0.2, 0.25) is 21.8 Å². The van der Waals surface area contributed by atoms with Crippen LogP contribution in [0.2, 0.25) is 5.02 Å². The van der Waals surface area contributed by atoms with Crippen molar-refractivity contribution in [2.45, 2.75) is 83.8 Å². The van der Waals surface area contributed by atoms with Crippen LogP contribution in [0.25, 0.3) is 0 Å². The number of halogens is 1. The number of hydrogen-bond donors (Lipinski definition) is 1. The number of carbonyl (C=O) groups is 2. The fourth-order valence-electron chi connectivity index (χ4n) is 5.94. The molecule has 1 aliphatic carbocycles. The van der Waals surface area contributed by atoms with E-state index in [0.717, 1.165) is 54.2 Å². The molecule has 9 heteroatoms. The normalized spacial score (nSPS) is 14.5. The van der Waals surface area contributed by atoms with Crippen LogP contribution in [-0.4, -0.2) is 50.0 Å². The van der Waals surface area contributed by atoms with Gasteiger partial charge < -0.3 is 10.2 Å². The molecule has 1 fully saturated rings. The fourth-order valence-corrected chi connectivity index (χ4v) is 7.12. The van der Waals surface area contributed by atoms with Gasteiger partial charge in [0, 0.05) is 37.0 Å². The van der Waals surface area contributed by atoms with Gasteiger partial charge in [-0.25, -0.2) is 8.42 Å². The van der Waals surface area contributed by atoms with Gasteiger partial charge in [-0.05, 0) is 61.9 Å². The molecule has 0 aromatic heterocycles. The number of rotatable bonds is 13. The topological polar surface area (TPSA) is 86.8 Å². The van der Waals surface area contributed by atoms with E-state index in [1.165, 1.54) is 10.7 Å². The van der Waals surface area contributed by atoms with Gasteiger partial charge in [0.1, 0.15) is 6.04 Å². The lowest BCUT2D eigenvalue weighted by molar-refractivity contribution is -0.141. The minimum absolute atomic E-state index is 0.0828. The van der Waals surface area contributed by atoms with Crippen LogP contribution >= 0.6 is 11.6 Å². The van der Waals surface area contributed by atoms with E-state index in [1.54, 1.807) is 23.1 Å². The molecule has 7 nitrogen and oxygen atoms in total. The molecule has 44 heavy (non-hydrogen) atoms. The average Bonchev–Trinajstić information content (AvgIpc) is 2.99. The molecule has 1 atom stereocenters. The Kier molecular flexibility index (Phi) is 11.9. The van der Waals surface area contributed by atoms with Gasteiger partial charge in [-0.1, -0.05) is 97.1 Å². The molecule has 0 radical (unpaired) electrons. The quantitative estimate of drug-likeness (QED) is 0.229. The third-order valence-electron chi connectivity index (χ3n) is 8.25. The zero-order valence-corrected chi connectivity index (χ0v) is 27.5. The lowest BCUT2D eigenvalue weighted by Gasteiger charge is -2.34. The minimum atomic E-state index is -3.63. The number of nitrogens with one attached hydrogen (secondary N) is 1. The standard InChI is InChI=1S/C35H44ClN3O4S/c1-26-12-10-15-29(22-26)25-38(33(23-28-13-6-4-7-14-28)35(41)37-31-16-8-5-9-17-31)34(40)18-11-21-39(44(3,42)43)32-24-30(36)20-19-27(32)2/h4,6-7,10,12-15,19-20,22,24,31,33H,5,8-9,11,16-18,21,23,25H2,1-3H3,(H,37,41)/t33-/m1/s1. The summed E-state index contributed by atoms with van der Waals surface area (Å²) in [6.45, 7) is 4.23. The third-order valence-corrected chi connectivity index (χ3v) is 9.67. The zero-order valence-electron chi connectivity index (χ0n) is 26.0. The predicted molar refractivity (Wildman–Crippen MR) is 178 cm³/mol. The van der Waals surface area contributed by atoms with E-state index in [0.29, 0.717) is 17.1 Å². The smallest absolute Gasteiger partial charge is 0.243 e. The maximum Gasteiger partial charge on any atom is 0.243 e. The second-order valence-corrected chi connectivity index (χ2v) is 14.3. The number of hydrogen-bond acceptors (Lipinski definition) is 4. The number of nitrogens with zero attached hydrogens (tertiary/aromatic N) is 2. The van der Waals surface area contributed by atoms with Crippen molar-refractivity contribution in [2.75, 3.05) is 17.1 Å². The van der Waals surface area contributed by atoms with E-state index in [1.807, 2.05) is 68.4 Å². The maximum atomic E-state index is 14.1. The van der Waals surface area contributed by atoms with Gasteiger partial charge >= 0.3 is 0 Å². The summed E-state index contributed by atoms with van der Waals surface area (Å²) in [5.74, 6) is -0.337. The Balaban J connectivity index is 1.60. The van der Waals surface area contributed by atoms with Crippen LogP contribution in [0.5, 0.6) is 0 Å². The summed E-state index contributed by atoms with van der Waals surface area (Å²) in [7, 11) is -3.63. The molecule has 1 saturated carbocycles. The molecule has 236 valence electrons. The highest BCUT2D eigenvalue weighted by Crippen LogP contribution is 2.27. The predicted octanol–water partition coefficient (Wildman–Crippen LogP) is 6.59. The van der Waals surface area contributed by atoms with Gasteiger partial charge in [-0.3, -0.25) is 13.9 Å². The van der Waals surface area contributed by atoms with Crippen molar-refractivity contribution < 1.29 is 18.0 Å². The Morgan fingerprint density at radius 2 is 1.64 bits per heavy atom. The van der Waals surface area contributed by atoms with E-state index in [4.69, 9.17) is 11.6 Å². The first kappa shape index (κ1) is 33.5. The summed E-state index contributed by atoms with van der Waals surface area (Å²) in [4.78, 5) is 29.8. The van der Waals surface area contributed by atoms with Gasteiger partial charge in [0.25, 0.3) is 0 Å². The molecule has 3 aromatic carbocycles. The maximum absolute atomic E-state index is 14.1. The average molecular weight is 638 g/mol. The molecular formula is C35H44ClN3O4S. The molecular weight excluding hydrogens is 594 g/mol. The first-order valence-corrected chi connectivity index (χ1v) is 17.7. The molecule has 0 aliphatic heterocycles. The van der Waals surface area contributed by atoms with Crippen LogP contribution in [0.15, 0.2) is 72.8 Å². The summed E-state index contributed by atoms with van der Waals surface area (Å²) in [6.07, 6.45) is 7.14. The molecule has 0 bridgehead atoms. The van der Waals surface area contributed by atoms with E-state index >= 15 is 0 Å². The highest BCUT2D eigenvalue weighted by Gasteiger charge is 2.32. The minimum Gasteiger partial charge on any atom is -0.352 e. The molecule has 0 spiro atoms. The molecule has 0 saturated heterocycles. The number of aryl methyl sites for hydroxylation is 2. The molecule has 3 aromatic rings. The van der Waals surface area contributed by atoms with Crippen molar-refractivity contribution in [3.05, 3.63) is 100 Å². The van der Waals surface area contributed by atoms with E-state index < -0.39 is 16.1 Å². The molecule has 2 amide bonds. The Morgan fingerprint density at radius 1 is 0.932 bits per heavy atom. The zero-order chi connectivity index (χ0) is 31.7. The van der Waals surface area contributed by atoms with E-state index in [-0.39, 0.29) is 43.8 Å². The monoisotopic (exact) mass is 637 g/mol. The van der Waals surface area contributed by atoms with Gasteiger partial charge in [-0.2, -0.15) is 0 Å². The Morgan fingerprint density at radius 3 is 2.32 bits per heavy atom. The van der Waals surface area contributed by atoms with Gasteiger partial charge in [0.05, 0.1) is 11.9 Å². The van der Waals surface area contributed by atoms with Crippen molar-refractivity contribution in [2.24, 2.45) is 0 Å². The second kappa shape index (κ2) is 15.6. The first-order valence-electron chi connectivity index (χ1n) is 15.4. The van der Waals surface area contributed by atoms with Crippen molar-refractivity contribution in [1.29, 1.82) is 0 Å². The Hall–Kier alpha value is -3.36. The van der Waals surface area contributed by atoms with Crippen molar-refractivity contribution in [3.63, 3.8) is 0 Å². The van der Waals surface area contributed by atoms with Gasteiger partial charge in [0.15, 0.2) is 0 Å². The van der Waals surface area contributed by atoms with Crippen molar-refractivity contribution in [1.82, 2.24) is 10.2 Å². The van der Waals surface area contributed by atoms with Crippen LogP contribution in [0, 0.1) is 13.8 Å². The number of amides is 2. The second-order valence-electron chi connectivity index (χ2n) is 11.9. The number of sulfonamides is 1.